The number of benzene rings is 1. The van der Waals surface area contributed by atoms with Crippen LogP contribution < -0.4 is 15.2 Å². The van der Waals surface area contributed by atoms with Gasteiger partial charge in [-0.25, -0.2) is 8.78 Å². The Morgan fingerprint density at radius 1 is 1.05 bits per heavy atom. The molecule has 0 saturated carbocycles. The normalized spacial score (nSPS) is 12.4. The van der Waals surface area contributed by atoms with E-state index in [9.17, 15) is 8.78 Å². The lowest BCUT2D eigenvalue weighted by Gasteiger charge is -2.24. The highest BCUT2D eigenvalue weighted by molar-refractivity contribution is 5.49. The molecule has 1 aromatic carbocycles. The molecule has 2 N–H and O–H groups in total. The number of halogens is 2. The second kappa shape index (κ2) is 5.33. The van der Waals surface area contributed by atoms with E-state index in [4.69, 9.17) is 15.2 Å². The minimum atomic E-state index is -2.96. The summed E-state index contributed by atoms with van der Waals surface area (Å²) in [6.07, 6.45) is 0.326. The number of alkyl halides is 2. The molecule has 19 heavy (non-hydrogen) atoms. The predicted molar refractivity (Wildman–Crippen MR) is 71.1 cm³/mol. The molecular formula is C14H21F2NO2. The van der Waals surface area contributed by atoms with Crippen molar-refractivity contribution in [2.75, 3.05) is 14.2 Å². The summed E-state index contributed by atoms with van der Waals surface area (Å²) in [5.41, 5.74) is 5.73. The van der Waals surface area contributed by atoms with Gasteiger partial charge in [-0.2, -0.15) is 0 Å². The molecule has 0 aliphatic carbocycles. The van der Waals surface area contributed by atoms with Crippen molar-refractivity contribution < 1.29 is 18.3 Å². The van der Waals surface area contributed by atoms with E-state index >= 15 is 0 Å². The number of ether oxygens (including phenoxy) is 2. The van der Waals surface area contributed by atoms with Crippen molar-refractivity contribution in [3.8, 4) is 11.5 Å². The van der Waals surface area contributed by atoms with E-state index in [-0.39, 0.29) is 11.3 Å². The molecule has 0 aromatic heterocycles. The van der Waals surface area contributed by atoms with Crippen molar-refractivity contribution >= 4 is 0 Å². The van der Waals surface area contributed by atoms with E-state index in [1.165, 1.54) is 20.3 Å². The van der Waals surface area contributed by atoms with E-state index in [1.54, 1.807) is 19.9 Å². The summed E-state index contributed by atoms with van der Waals surface area (Å²) < 4.78 is 37.6. The molecule has 0 saturated heterocycles. The van der Waals surface area contributed by atoms with Crippen LogP contribution in [-0.2, 0) is 12.3 Å². The van der Waals surface area contributed by atoms with Crippen LogP contribution in [0.15, 0.2) is 12.1 Å². The van der Waals surface area contributed by atoms with Gasteiger partial charge in [-0.3, -0.25) is 0 Å². The molecule has 0 fully saturated rings. The first-order chi connectivity index (χ1) is 8.58. The second-order valence-corrected chi connectivity index (χ2v) is 5.42. The highest BCUT2D eigenvalue weighted by Crippen LogP contribution is 2.38. The van der Waals surface area contributed by atoms with Gasteiger partial charge in [0.2, 0.25) is 0 Å². The number of rotatable bonds is 5. The van der Waals surface area contributed by atoms with E-state index < -0.39 is 11.5 Å². The van der Waals surface area contributed by atoms with Gasteiger partial charge >= 0.3 is 0 Å². The van der Waals surface area contributed by atoms with Crippen LogP contribution in [0.5, 0.6) is 11.5 Å². The quantitative estimate of drug-likeness (QED) is 0.896. The Labute approximate surface area is 112 Å². The fourth-order valence-corrected chi connectivity index (χ4v) is 1.97. The maximum atomic E-state index is 13.7. The third-order valence-electron chi connectivity index (χ3n) is 2.73. The van der Waals surface area contributed by atoms with Crippen LogP contribution in [0.1, 0.15) is 31.9 Å². The lowest BCUT2D eigenvalue weighted by Crippen LogP contribution is -2.35. The highest BCUT2D eigenvalue weighted by Gasteiger charge is 2.31. The topological polar surface area (TPSA) is 44.5 Å². The number of nitrogens with two attached hydrogens (primary N) is 1. The van der Waals surface area contributed by atoms with Crippen molar-refractivity contribution in [2.45, 2.75) is 38.7 Å². The maximum absolute atomic E-state index is 13.7. The fourth-order valence-electron chi connectivity index (χ4n) is 1.97. The molecule has 108 valence electrons. The Morgan fingerprint density at radius 2 is 1.53 bits per heavy atom. The number of hydrogen-bond acceptors (Lipinski definition) is 3. The minimum absolute atomic E-state index is 0.0799. The monoisotopic (exact) mass is 273 g/mol. The molecule has 1 aromatic rings. The van der Waals surface area contributed by atoms with Crippen LogP contribution in [0.3, 0.4) is 0 Å². The molecule has 0 bridgehead atoms. The van der Waals surface area contributed by atoms with Crippen LogP contribution in [0.25, 0.3) is 0 Å². The van der Waals surface area contributed by atoms with Crippen molar-refractivity contribution in [2.24, 2.45) is 5.73 Å². The molecule has 0 radical (unpaired) electrons. The fraction of sp³-hybridized carbons (Fsp3) is 0.571. The van der Waals surface area contributed by atoms with Gasteiger partial charge in [0.15, 0.2) is 11.5 Å². The van der Waals surface area contributed by atoms with E-state index in [2.05, 4.69) is 0 Å². The number of methoxy groups -OCH3 is 2. The van der Waals surface area contributed by atoms with Gasteiger partial charge in [0, 0.05) is 18.0 Å². The standard InChI is InChI=1S/C14H21F2NO2/c1-13(2,17)8-9-6-11(18-4)12(19-5)7-10(9)14(3,15)16/h6-7H,8,17H2,1-5H3. The summed E-state index contributed by atoms with van der Waals surface area (Å²) in [5, 5.41) is 0. The van der Waals surface area contributed by atoms with Gasteiger partial charge in [0.05, 0.1) is 14.2 Å². The Balaban J connectivity index is 3.41. The minimum Gasteiger partial charge on any atom is -0.493 e. The van der Waals surface area contributed by atoms with Crippen LogP contribution in [0.2, 0.25) is 0 Å². The van der Waals surface area contributed by atoms with E-state index in [0.717, 1.165) is 6.92 Å². The average Bonchev–Trinajstić information content (AvgIpc) is 2.24. The summed E-state index contributed by atoms with van der Waals surface area (Å²) in [4.78, 5) is 0. The third-order valence-corrected chi connectivity index (χ3v) is 2.73. The Morgan fingerprint density at radius 3 is 1.89 bits per heavy atom. The van der Waals surface area contributed by atoms with Gasteiger partial charge in [-0.15, -0.1) is 0 Å². The molecule has 0 aliphatic rings. The zero-order valence-corrected chi connectivity index (χ0v) is 12.0. The molecule has 0 spiro atoms. The molecule has 0 heterocycles. The van der Waals surface area contributed by atoms with E-state index in [1.807, 2.05) is 0 Å². The molecule has 0 amide bonds. The van der Waals surface area contributed by atoms with Crippen molar-refractivity contribution in [3.05, 3.63) is 23.3 Å². The molecule has 1 rings (SSSR count). The van der Waals surface area contributed by atoms with Crippen LogP contribution in [0, 0.1) is 0 Å². The van der Waals surface area contributed by atoms with Gasteiger partial charge in [0.25, 0.3) is 5.92 Å². The van der Waals surface area contributed by atoms with Crippen LogP contribution in [-0.4, -0.2) is 19.8 Å². The van der Waals surface area contributed by atoms with E-state index in [0.29, 0.717) is 17.7 Å². The van der Waals surface area contributed by atoms with Crippen LogP contribution in [0.4, 0.5) is 8.78 Å². The Kier molecular flexibility index (Phi) is 4.40. The Bertz CT molecular complexity index is 448. The summed E-state index contributed by atoms with van der Waals surface area (Å²) in [6.45, 7) is 4.45. The van der Waals surface area contributed by atoms with Gasteiger partial charge < -0.3 is 15.2 Å². The molecule has 3 nitrogen and oxygen atoms in total. The van der Waals surface area contributed by atoms with Crippen LogP contribution >= 0.6 is 0 Å². The third kappa shape index (κ3) is 4.06. The van der Waals surface area contributed by atoms with Crippen molar-refractivity contribution in [1.29, 1.82) is 0 Å². The number of hydrogen-bond donors (Lipinski definition) is 1. The zero-order chi connectivity index (χ0) is 14.8. The summed E-state index contributed by atoms with van der Waals surface area (Å²) in [6, 6.07) is 2.89. The summed E-state index contributed by atoms with van der Waals surface area (Å²) >= 11 is 0. The second-order valence-electron chi connectivity index (χ2n) is 5.42. The lowest BCUT2D eigenvalue weighted by molar-refractivity contribution is 0.0161. The summed E-state index contributed by atoms with van der Waals surface area (Å²) in [7, 11) is 2.89. The molecule has 0 unspecified atom stereocenters. The van der Waals surface area contributed by atoms with Gasteiger partial charge in [0.1, 0.15) is 0 Å². The first kappa shape index (κ1) is 15.7. The summed E-state index contributed by atoms with van der Waals surface area (Å²) in [5.74, 6) is -2.24. The molecule has 5 heteroatoms. The SMILES string of the molecule is COc1cc(CC(C)(C)N)c(C(C)(F)F)cc1OC. The Hall–Kier alpha value is -1.36. The average molecular weight is 273 g/mol. The predicted octanol–water partition coefficient (Wildman–Crippen LogP) is 3.10. The molecule has 0 aliphatic heterocycles. The molecular weight excluding hydrogens is 252 g/mol. The van der Waals surface area contributed by atoms with Gasteiger partial charge in [-0.05, 0) is 38.0 Å². The zero-order valence-electron chi connectivity index (χ0n) is 12.0. The largest absolute Gasteiger partial charge is 0.493 e. The lowest BCUT2D eigenvalue weighted by atomic mass is 9.90. The van der Waals surface area contributed by atoms with Crippen molar-refractivity contribution in [1.82, 2.24) is 0 Å². The first-order valence-electron chi connectivity index (χ1n) is 6.00. The molecule has 0 atom stereocenters. The van der Waals surface area contributed by atoms with Gasteiger partial charge in [-0.1, -0.05) is 0 Å². The first-order valence-corrected chi connectivity index (χ1v) is 6.00. The smallest absolute Gasteiger partial charge is 0.270 e. The maximum Gasteiger partial charge on any atom is 0.270 e. The highest BCUT2D eigenvalue weighted by atomic mass is 19.3. The van der Waals surface area contributed by atoms with Crippen molar-refractivity contribution in [3.63, 3.8) is 0 Å².